The molecular formula is C22H23NO5. The van der Waals surface area contributed by atoms with E-state index in [0.29, 0.717) is 24.7 Å². The minimum atomic E-state index is -0.588. The quantitative estimate of drug-likeness (QED) is 0.614. The van der Waals surface area contributed by atoms with Gasteiger partial charge in [-0.3, -0.25) is 4.79 Å². The van der Waals surface area contributed by atoms with Crippen LogP contribution in [-0.2, 0) is 14.3 Å². The van der Waals surface area contributed by atoms with Gasteiger partial charge >= 0.3 is 5.97 Å². The molecule has 1 N–H and O–H groups in total. The highest BCUT2D eigenvalue weighted by Gasteiger charge is 2.12. The van der Waals surface area contributed by atoms with Gasteiger partial charge < -0.3 is 19.5 Å². The summed E-state index contributed by atoms with van der Waals surface area (Å²) in [4.78, 5) is 23.8. The number of nitrogens with one attached hydrogen (secondary N) is 1. The number of carbonyl (C=O) groups is 2. The van der Waals surface area contributed by atoms with E-state index in [1.807, 2.05) is 49.4 Å². The number of esters is 1. The molecule has 1 aliphatic rings. The largest absolute Gasteiger partial charge is 0.490 e. The van der Waals surface area contributed by atoms with E-state index in [9.17, 15) is 9.59 Å². The van der Waals surface area contributed by atoms with Gasteiger partial charge in [0, 0.05) is 12.5 Å². The first-order chi connectivity index (χ1) is 13.6. The summed E-state index contributed by atoms with van der Waals surface area (Å²) in [7, 11) is 0. The molecule has 0 aromatic heterocycles. The molecule has 6 heteroatoms. The Morgan fingerprint density at radius 2 is 1.86 bits per heavy atom. The zero-order valence-electron chi connectivity index (χ0n) is 15.7. The van der Waals surface area contributed by atoms with Gasteiger partial charge in [-0.05, 0) is 36.3 Å². The second kappa shape index (κ2) is 9.60. The molecule has 3 rings (SSSR count). The van der Waals surface area contributed by atoms with Gasteiger partial charge in [-0.25, -0.2) is 4.79 Å². The molecule has 2 aromatic rings. The average Bonchev–Trinajstić information content (AvgIpc) is 2.96. The number of fused-ring (bicyclic) bond motifs is 1. The number of hydrogen-bond donors (Lipinski definition) is 1. The van der Waals surface area contributed by atoms with Crippen molar-refractivity contribution in [3.63, 3.8) is 0 Å². The van der Waals surface area contributed by atoms with Crippen LogP contribution < -0.4 is 14.8 Å². The fourth-order valence-electron chi connectivity index (χ4n) is 2.74. The number of amides is 1. The lowest BCUT2D eigenvalue weighted by Crippen LogP contribution is -2.30. The highest BCUT2D eigenvalue weighted by molar-refractivity contribution is 5.89. The molecular weight excluding hydrogens is 358 g/mol. The van der Waals surface area contributed by atoms with Gasteiger partial charge in [0.15, 0.2) is 18.1 Å². The van der Waals surface area contributed by atoms with Gasteiger partial charge in [0.05, 0.1) is 19.3 Å². The highest BCUT2D eigenvalue weighted by Crippen LogP contribution is 2.30. The van der Waals surface area contributed by atoms with Crippen molar-refractivity contribution >= 4 is 18.0 Å². The lowest BCUT2D eigenvalue weighted by Gasteiger charge is -2.14. The first-order valence-corrected chi connectivity index (χ1v) is 9.20. The molecule has 0 saturated carbocycles. The normalized spacial score (nSPS) is 14.2. The van der Waals surface area contributed by atoms with Crippen molar-refractivity contribution in [3.8, 4) is 11.5 Å². The summed E-state index contributed by atoms with van der Waals surface area (Å²) in [5.74, 6) is 0.409. The standard InChI is InChI=1S/C22H23NO5/c1-16(18-6-3-2-4-7-18)23-21(24)15-28-22(25)11-9-17-8-10-19-20(14-17)27-13-5-12-26-19/h2-4,6-11,14,16H,5,12-13,15H2,1H3,(H,23,24)/b11-9+/t16-/m1/s1. The van der Waals surface area contributed by atoms with Gasteiger partial charge in [-0.15, -0.1) is 0 Å². The maximum atomic E-state index is 12.0. The fraction of sp³-hybridized carbons (Fsp3) is 0.273. The Morgan fingerprint density at radius 3 is 2.64 bits per heavy atom. The Balaban J connectivity index is 1.47. The maximum absolute atomic E-state index is 12.0. The fourth-order valence-corrected chi connectivity index (χ4v) is 2.74. The van der Waals surface area contributed by atoms with Gasteiger partial charge in [-0.1, -0.05) is 36.4 Å². The van der Waals surface area contributed by atoms with Crippen LogP contribution in [0.5, 0.6) is 11.5 Å². The third-order valence-corrected chi connectivity index (χ3v) is 4.21. The third kappa shape index (κ3) is 5.61. The van der Waals surface area contributed by atoms with Crippen LogP contribution in [0.25, 0.3) is 6.08 Å². The Hall–Kier alpha value is -3.28. The summed E-state index contributed by atoms with van der Waals surface area (Å²) in [5.41, 5.74) is 1.76. The lowest BCUT2D eigenvalue weighted by molar-refractivity contribution is -0.144. The lowest BCUT2D eigenvalue weighted by atomic mass is 10.1. The summed E-state index contributed by atoms with van der Waals surface area (Å²) in [5, 5.41) is 2.79. The van der Waals surface area contributed by atoms with Crippen LogP contribution in [0, 0.1) is 0 Å². The van der Waals surface area contributed by atoms with E-state index in [1.54, 1.807) is 12.1 Å². The summed E-state index contributed by atoms with van der Waals surface area (Å²) < 4.78 is 16.2. The predicted molar refractivity (Wildman–Crippen MR) is 105 cm³/mol. The molecule has 2 aromatic carbocycles. The van der Waals surface area contributed by atoms with Crippen molar-refractivity contribution in [2.45, 2.75) is 19.4 Å². The van der Waals surface area contributed by atoms with Crippen molar-refractivity contribution in [3.05, 3.63) is 65.7 Å². The van der Waals surface area contributed by atoms with Gasteiger partial charge in [0.1, 0.15) is 0 Å². The molecule has 1 amide bonds. The Labute approximate surface area is 164 Å². The first kappa shape index (κ1) is 19.5. The highest BCUT2D eigenvalue weighted by atomic mass is 16.5. The predicted octanol–water partition coefficient (Wildman–Crippen LogP) is 3.28. The molecule has 0 bridgehead atoms. The van der Waals surface area contributed by atoms with Crippen molar-refractivity contribution < 1.29 is 23.8 Å². The maximum Gasteiger partial charge on any atom is 0.331 e. The molecule has 146 valence electrons. The van der Waals surface area contributed by atoms with E-state index in [-0.39, 0.29) is 18.6 Å². The van der Waals surface area contributed by atoms with E-state index < -0.39 is 5.97 Å². The van der Waals surface area contributed by atoms with Crippen LogP contribution in [0.2, 0.25) is 0 Å². The molecule has 6 nitrogen and oxygen atoms in total. The average molecular weight is 381 g/mol. The molecule has 1 heterocycles. The molecule has 0 aliphatic carbocycles. The number of benzene rings is 2. The van der Waals surface area contributed by atoms with Crippen molar-refractivity contribution in [1.29, 1.82) is 0 Å². The summed E-state index contributed by atoms with van der Waals surface area (Å²) >= 11 is 0. The first-order valence-electron chi connectivity index (χ1n) is 9.20. The van der Waals surface area contributed by atoms with Crippen LogP contribution in [-0.4, -0.2) is 31.7 Å². The monoisotopic (exact) mass is 381 g/mol. The van der Waals surface area contributed by atoms with Gasteiger partial charge in [-0.2, -0.15) is 0 Å². The SMILES string of the molecule is C[C@@H](NC(=O)COC(=O)/C=C/c1ccc2c(c1)OCCCO2)c1ccccc1. The molecule has 1 aliphatic heterocycles. The molecule has 0 fully saturated rings. The second-order valence-corrected chi connectivity index (χ2v) is 6.40. The van der Waals surface area contributed by atoms with Crippen molar-refractivity contribution in [2.75, 3.05) is 19.8 Å². The van der Waals surface area contributed by atoms with Gasteiger partial charge in [0.25, 0.3) is 5.91 Å². The third-order valence-electron chi connectivity index (χ3n) is 4.21. The Bertz CT molecular complexity index is 847. The molecule has 0 saturated heterocycles. The van der Waals surface area contributed by atoms with Crippen LogP contribution in [0.1, 0.15) is 30.5 Å². The molecule has 0 radical (unpaired) electrons. The van der Waals surface area contributed by atoms with E-state index >= 15 is 0 Å². The number of hydrogen-bond acceptors (Lipinski definition) is 5. The van der Waals surface area contributed by atoms with Crippen LogP contribution in [0.3, 0.4) is 0 Å². The van der Waals surface area contributed by atoms with Crippen LogP contribution in [0.4, 0.5) is 0 Å². The summed E-state index contributed by atoms with van der Waals surface area (Å²) in [6.45, 7) is 2.76. The van der Waals surface area contributed by atoms with Crippen LogP contribution in [0.15, 0.2) is 54.6 Å². The molecule has 1 atom stereocenters. The van der Waals surface area contributed by atoms with Crippen LogP contribution >= 0.6 is 0 Å². The molecule has 0 unspecified atom stereocenters. The van der Waals surface area contributed by atoms with E-state index in [1.165, 1.54) is 6.08 Å². The van der Waals surface area contributed by atoms with E-state index in [2.05, 4.69) is 5.32 Å². The summed E-state index contributed by atoms with van der Waals surface area (Å²) in [6, 6.07) is 14.9. The zero-order valence-corrected chi connectivity index (χ0v) is 15.7. The number of carbonyl (C=O) groups excluding carboxylic acids is 2. The minimum absolute atomic E-state index is 0.162. The van der Waals surface area contributed by atoms with Gasteiger partial charge in [0.2, 0.25) is 0 Å². The molecule has 0 spiro atoms. The molecule has 28 heavy (non-hydrogen) atoms. The number of rotatable bonds is 6. The van der Waals surface area contributed by atoms with E-state index in [4.69, 9.17) is 14.2 Å². The minimum Gasteiger partial charge on any atom is -0.490 e. The smallest absolute Gasteiger partial charge is 0.331 e. The Kier molecular flexibility index (Phi) is 6.68. The van der Waals surface area contributed by atoms with Crippen molar-refractivity contribution in [1.82, 2.24) is 5.32 Å². The van der Waals surface area contributed by atoms with E-state index in [0.717, 1.165) is 17.5 Å². The second-order valence-electron chi connectivity index (χ2n) is 6.40. The Morgan fingerprint density at radius 1 is 1.11 bits per heavy atom. The van der Waals surface area contributed by atoms with Crippen molar-refractivity contribution in [2.24, 2.45) is 0 Å². The topological polar surface area (TPSA) is 73.9 Å². The summed E-state index contributed by atoms with van der Waals surface area (Å²) in [6.07, 6.45) is 3.73. The zero-order chi connectivity index (χ0) is 19.8. The number of ether oxygens (including phenoxy) is 3.